The van der Waals surface area contributed by atoms with E-state index < -0.39 is 23.0 Å². The Morgan fingerprint density at radius 1 is 0.926 bits per heavy atom. The van der Waals surface area contributed by atoms with Crippen LogP contribution in [0.25, 0.3) is 0 Å². The van der Waals surface area contributed by atoms with E-state index in [9.17, 15) is 14.7 Å². The number of nitrogens with one attached hydrogen (secondary N) is 1. The lowest BCUT2D eigenvalue weighted by molar-refractivity contribution is 0.154. The van der Waals surface area contributed by atoms with E-state index in [1.807, 2.05) is 60.7 Å². The van der Waals surface area contributed by atoms with Crippen molar-refractivity contribution in [2.75, 3.05) is 11.1 Å². The molecule has 3 aromatic rings. The van der Waals surface area contributed by atoms with Crippen LogP contribution in [0.2, 0.25) is 0 Å². The summed E-state index contributed by atoms with van der Waals surface area (Å²) >= 11 is 1.42. The van der Waals surface area contributed by atoms with Gasteiger partial charge < -0.3 is 10.4 Å². The standard InChI is InChI=1S/C22H23NO3S/c1-2-3-14-27-22-18(20(25)21(22)26)23-17(15-10-6-4-7-11-15)19(24)16-12-8-5-9-13-16/h4-13,17,19,23-24H,2-3,14H2,1H3/t17-,19+/m0/s1. The highest BCUT2D eigenvalue weighted by molar-refractivity contribution is 7.99. The molecule has 2 N–H and O–H groups in total. The van der Waals surface area contributed by atoms with Gasteiger partial charge in [0.1, 0.15) is 11.8 Å². The fourth-order valence-electron chi connectivity index (χ4n) is 2.96. The third kappa shape index (κ3) is 4.31. The smallest absolute Gasteiger partial charge is 0.251 e. The van der Waals surface area contributed by atoms with Gasteiger partial charge >= 0.3 is 0 Å². The molecule has 140 valence electrons. The zero-order valence-corrected chi connectivity index (χ0v) is 16.0. The molecule has 0 radical (unpaired) electrons. The second-order valence-electron chi connectivity index (χ2n) is 6.45. The van der Waals surface area contributed by atoms with Crippen LogP contribution in [0.4, 0.5) is 5.69 Å². The van der Waals surface area contributed by atoms with Crippen LogP contribution in [-0.4, -0.2) is 10.9 Å². The van der Waals surface area contributed by atoms with Gasteiger partial charge in [0.25, 0.3) is 5.43 Å². The topological polar surface area (TPSA) is 66.4 Å². The van der Waals surface area contributed by atoms with E-state index in [0.29, 0.717) is 10.6 Å². The largest absolute Gasteiger partial charge is 0.386 e. The Morgan fingerprint density at radius 3 is 2.11 bits per heavy atom. The number of hydrogen-bond donors (Lipinski definition) is 2. The lowest BCUT2D eigenvalue weighted by Crippen LogP contribution is -2.38. The Kier molecular flexibility index (Phi) is 6.48. The minimum atomic E-state index is -0.855. The summed E-state index contributed by atoms with van der Waals surface area (Å²) in [5.74, 6) is 0.799. The maximum absolute atomic E-state index is 12.2. The number of benzene rings is 2. The summed E-state index contributed by atoms with van der Waals surface area (Å²) in [6.45, 7) is 2.09. The van der Waals surface area contributed by atoms with Crippen LogP contribution in [0, 0.1) is 0 Å². The highest BCUT2D eigenvalue weighted by atomic mass is 32.2. The first-order valence-electron chi connectivity index (χ1n) is 9.14. The molecule has 3 rings (SSSR count). The lowest BCUT2D eigenvalue weighted by atomic mass is 9.95. The van der Waals surface area contributed by atoms with Gasteiger partial charge in [-0.2, -0.15) is 0 Å². The van der Waals surface area contributed by atoms with Crippen molar-refractivity contribution in [1.82, 2.24) is 0 Å². The molecule has 0 aliphatic carbocycles. The summed E-state index contributed by atoms with van der Waals surface area (Å²) in [7, 11) is 0. The zero-order valence-electron chi connectivity index (χ0n) is 15.2. The Balaban J connectivity index is 1.90. The molecule has 0 spiro atoms. The molecule has 5 heteroatoms. The van der Waals surface area contributed by atoms with Gasteiger partial charge in [0, 0.05) is 0 Å². The molecule has 0 aliphatic rings. The summed E-state index contributed by atoms with van der Waals surface area (Å²) in [6, 6.07) is 18.3. The van der Waals surface area contributed by atoms with Gasteiger partial charge in [0.2, 0.25) is 5.43 Å². The molecule has 4 nitrogen and oxygen atoms in total. The summed E-state index contributed by atoms with van der Waals surface area (Å²) in [5.41, 5.74) is 0.990. The maximum atomic E-state index is 12.2. The number of aliphatic hydroxyl groups excluding tert-OH is 1. The van der Waals surface area contributed by atoms with Crippen LogP contribution < -0.4 is 16.2 Å². The van der Waals surface area contributed by atoms with Crippen molar-refractivity contribution in [3.63, 3.8) is 0 Å². The number of thioether (sulfide) groups is 1. The summed E-state index contributed by atoms with van der Waals surface area (Å²) in [4.78, 5) is 24.6. The average Bonchev–Trinajstić information content (AvgIpc) is 2.73. The predicted molar refractivity (Wildman–Crippen MR) is 111 cm³/mol. The highest BCUT2D eigenvalue weighted by Crippen LogP contribution is 2.34. The molecule has 3 aromatic carbocycles. The molecule has 0 heterocycles. The number of rotatable bonds is 9. The fraction of sp³-hybridized carbons (Fsp3) is 0.273. The van der Waals surface area contributed by atoms with Crippen LogP contribution >= 0.6 is 11.8 Å². The number of aliphatic hydroxyl groups is 1. The lowest BCUT2D eigenvalue weighted by Gasteiger charge is -2.27. The molecule has 0 amide bonds. The first-order valence-corrected chi connectivity index (χ1v) is 10.1. The number of anilines is 1. The van der Waals surface area contributed by atoms with Crippen LogP contribution in [0.3, 0.4) is 0 Å². The average molecular weight is 381 g/mol. The molecule has 0 bridgehead atoms. The zero-order chi connectivity index (χ0) is 19.2. The molecular weight excluding hydrogens is 358 g/mol. The minimum Gasteiger partial charge on any atom is -0.386 e. The summed E-state index contributed by atoms with van der Waals surface area (Å²) < 4.78 is 0. The van der Waals surface area contributed by atoms with Crippen molar-refractivity contribution in [2.24, 2.45) is 0 Å². The first kappa shape index (κ1) is 19.4. The normalized spacial score (nSPS) is 13.4. The van der Waals surface area contributed by atoms with Crippen molar-refractivity contribution in [2.45, 2.75) is 36.8 Å². The highest BCUT2D eigenvalue weighted by Gasteiger charge is 2.28. The van der Waals surface area contributed by atoms with E-state index in [2.05, 4.69) is 12.2 Å². The van der Waals surface area contributed by atoms with Gasteiger partial charge in [-0.05, 0) is 23.3 Å². The monoisotopic (exact) mass is 381 g/mol. The third-order valence-electron chi connectivity index (χ3n) is 4.53. The first-order chi connectivity index (χ1) is 13.1. The summed E-state index contributed by atoms with van der Waals surface area (Å²) in [5, 5.41) is 14.1. The number of hydrogen-bond acceptors (Lipinski definition) is 5. The molecule has 27 heavy (non-hydrogen) atoms. The third-order valence-corrected chi connectivity index (χ3v) is 5.70. The van der Waals surface area contributed by atoms with Crippen LogP contribution in [0.5, 0.6) is 0 Å². The predicted octanol–water partition coefficient (Wildman–Crippen LogP) is 4.06. The second-order valence-corrected chi connectivity index (χ2v) is 7.56. The van der Waals surface area contributed by atoms with E-state index in [0.717, 1.165) is 29.7 Å². The van der Waals surface area contributed by atoms with E-state index in [1.165, 1.54) is 11.8 Å². The van der Waals surface area contributed by atoms with Crippen LogP contribution in [0.1, 0.15) is 43.0 Å². The van der Waals surface area contributed by atoms with E-state index in [1.54, 1.807) is 0 Å². The number of unbranched alkanes of at least 4 members (excludes halogenated alkanes) is 1. The van der Waals surface area contributed by atoms with Gasteiger partial charge in [-0.1, -0.05) is 74.0 Å². The van der Waals surface area contributed by atoms with Crippen molar-refractivity contribution >= 4 is 17.4 Å². The maximum Gasteiger partial charge on any atom is 0.251 e. The van der Waals surface area contributed by atoms with Crippen molar-refractivity contribution in [1.29, 1.82) is 0 Å². The van der Waals surface area contributed by atoms with Gasteiger partial charge in [0.15, 0.2) is 0 Å². The Labute approximate surface area is 163 Å². The molecule has 0 fully saturated rings. The van der Waals surface area contributed by atoms with Crippen LogP contribution in [0.15, 0.2) is 75.1 Å². The van der Waals surface area contributed by atoms with E-state index >= 15 is 0 Å². The van der Waals surface area contributed by atoms with Gasteiger partial charge in [-0.3, -0.25) is 9.59 Å². The SMILES string of the molecule is CCCCSc1c(N[C@@H](c2ccccc2)[C@H](O)c2ccccc2)c(=O)c1=O. The van der Waals surface area contributed by atoms with Crippen molar-refractivity contribution < 1.29 is 5.11 Å². The Morgan fingerprint density at radius 2 is 1.52 bits per heavy atom. The molecule has 0 saturated heterocycles. The minimum absolute atomic E-state index is 0.324. The molecule has 0 aromatic heterocycles. The molecule has 0 unspecified atom stereocenters. The van der Waals surface area contributed by atoms with Gasteiger partial charge in [0.05, 0.1) is 10.9 Å². The molecule has 0 saturated carbocycles. The Hall–Kier alpha value is -2.37. The Bertz CT molecular complexity index is 933. The van der Waals surface area contributed by atoms with Crippen LogP contribution in [-0.2, 0) is 0 Å². The van der Waals surface area contributed by atoms with Gasteiger partial charge in [-0.15, -0.1) is 11.8 Å². The summed E-state index contributed by atoms with van der Waals surface area (Å²) in [6.07, 6.45) is 1.16. The molecular formula is C22H23NO3S. The second kappa shape index (κ2) is 9.02. The van der Waals surface area contributed by atoms with Crippen molar-refractivity contribution in [3.8, 4) is 0 Å². The quantitative estimate of drug-likeness (QED) is 0.332. The van der Waals surface area contributed by atoms with Crippen molar-refractivity contribution in [3.05, 3.63) is 92.2 Å². The fourth-order valence-corrected chi connectivity index (χ4v) is 4.12. The van der Waals surface area contributed by atoms with Gasteiger partial charge in [-0.25, -0.2) is 0 Å². The molecule has 0 aliphatic heterocycles. The van der Waals surface area contributed by atoms with E-state index in [4.69, 9.17) is 0 Å². The van der Waals surface area contributed by atoms with E-state index in [-0.39, 0.29) is 0 Å². The molecule has 2 atom stereocenters.